The molecule has 8 heteroatoms. The van der Waals surface area contributed by atoms with Crippen LogP contribution in [0, 0.1) is 6.92 Å². The summed E-state index contributed by atoms with van der Waals surface area (Å²) in [7, 11) is 0. The van der Waals surface area contributed by atoms with Gasteiger partial charge in [-0.3, -0.25) is 9.88 Å². The second-order valence-corrected chi connectivity index (χ2v) is 6.65. The molecule has 4 rings (SSSR count). The molecule has 0 radical (unpaired) electrons. The maximum atomic E-state index is 9.54. The molecule has 1 fully saturated rings. The molecule has 1 aliphatic rings. The summed E-state index contributed by atoms with van der Waals surface area (Å²) >= 11 is 0. The van der Waals surface area contributed by atoms with Gasteiger partial charge in [-0.15, -0.1) is 0 Å². The molecule has 0 saturated carbocycles. The number of pyridine rings is 1. The monoisotopic (exact) mass is 353 g/mol. The van der Waals surface area contributed by atoms with Crippen molar-refractivity contribution in [3.63, 3.8) is 0 Å². The van der Waals surface area contributed by atoms with Crippen molar-refractivity contribution in [1.82, 2.24) is 29.8 Å². The van der Waals surface area contributed by atoms with E-state index >= 15 is 0 Å². The van der Waals surface area contributed by atoms with Crippen molar-refractivity contribution in [3.8, 4) is 0 Å². The first-order valence-electron chi connectivity index (χ1n) is 8.91. The number of aromatic nitrogens is 5. The number of aliphatic hydroxyl groups excluding tert-OH is 1. The summed E-state index contributed by atoms with van der Waals surface area (Å²) in [6, 6.07) is 6.36. The van der Waals surface area contributed by atoms with Crippen molar-refractivity contribution in [2.75, 3.05) is 31.1 Å². The number of nitrogens with zero attached hydrogens (tertiary/aromatic N) is 6. The Morgan fingerprint density at radius 2 is 2.15 bits per heavy atom. The Balaban J connectivity index is 1.53. The van der Waals surface area contributed by atoms with Gasteiger partial charge in [-0.25, -0.2) is 15.0 Å². The smallest absolute Gasteiger partial charge is 0.182 e. The van der Waals surface area contributed by atoms with E-state index in [0.717, 1.165) is 55.3 Å². The van der Waals surface area contributed by atoms with Gasteiger partial charge in [-0.05, 0) is 25.5 Å². The van der Waals surface area contributed by atoms with Crippen molar-refractivity contribution < 1.29 is 5.11 Å². The van der Waals surface area contributed by atoms with Gasteiger partial charge in [-0.1, -0.05) is 6.07 Å². The summed E-state index contributed by atoms with van der Waals surface area (Å²) < 4.78 is 0. The first-order chi connectivity index (χ1) is 12.7. The van der Waals surface area contributed by atoms with Crippen LogP contribution in [0.25, 0.3) is 11.2 Å². The molecule has 3 aromatic heterocycles. The average molecular weight is 353 g/mol. The van der Waals surface area contributed by atoms with E-state index in [9.17, 15) is 5.11 Å². The minimum absolute atomic E-state index is 0.166. The third-order valence-electron chi connectivity index (χ3n) is 4.88. The number of hydrogen-bond acceptors (Lipinski definition) is 7. The minimum Gasteiger partial charge on any atom is -0.396 e. The SMILES string of the molecule is Cc1cccc(CN2CCN(c3ncnc4nc[nH]c34)C[C@@H]2CCO)n1. The molecule has 8 nitrogen and oxygen atoms in total. The molecular formula is C18H23N7O. The molecular weight excluding hydrogens is 330 g/mol. The van der Waals surface area contributed by atoms with Crippen molar-refractivity contribution in [2.45, 2.75) is 25.9 Å². The van der Waals surface area contributed by atoms with Crippen molar-refractivity contribution in [3.05, 3.63) is 42.2 Å². The Kier molecular flexibility index (Phi) is 4.77. The number of fused-ring (bicyclic) bond motifs is 1. The first-order valence-corrected chi connectivity index (χ1v) is 8.91. The quantitative estimate of drug-likeness (QED) is 0.710. The fourth-order valence-corrected chi connectivity index (χ4v) is 3.60. The molecule has 4 heterocycles. The Morgan fingerprint density at radius 1 is 1.23 bits per heavy atom. The maximum Gasteiger partial charge on any atom is 0.182 e. The predicted molar refractivity (Wildman–Crippen MR) is 98.8 cm³/mol. The van der Waals surface area contributed by atoms with E-state index in [0.29, 0.717) is 5.65 Å². The fraction of sp³-hybridized carbons (Fsp3) is 0.444. The largest absolute Gasteiger partial charge is 0.396 e. The number of rotatable bonds is 5. The second-order valence-electron chi connectivity index (χ2n) is 6.65. The number of H-pyrrole nitrogens is 1. The fourth-order valence-electron chi connectivity index (χ4n) is 3.60. The zero-order valence-corrected chi connectivity index (χ0v) is 14.8. The van der Waals surface area contributed by atoms with E-state index in [4.69, 9.17) is 0 Å². The Labute approximate surface area is 151 Å². The molecule has 0 aliphatic carbocycles. The second kappa shape index (κ2) is 7.35. The van der Waals surface area contributed by atoms with Crippen molar-refractivity contribution in [2.24, 2.45) is 0 Å². The van der Waals surface area contributed by atoms with Crippen LogP contribution in [0.1, 0.15) is 17.8 Å². The minimum atomic E-state index is 0.166. The zero-order valence-electron chi connectivity index (χ0n) is 14.8. The van der Waals surface area contributed by atoms with Crippen LogP contribution in [-0.4, -0.2) is 67.2 Å². The predicted octanol–water partition coefficient (Wildman–Crippen LogP) is 1.13. The van der Waals surface area contributed by atoms with Crippen LogP contribution in [0.3, 0.4) is 0 Å². The van der Waals surface area contributed by atoms with Gasteiger partial charge in [0.2, 0.25) is 0 Å². The highest BCUT2D eigenvalue weighted by atomic mass is 16.3. The number of imidazole rings is 1. The topological polar surface area (TPSA) is 94.1 Å². The van der Waals surface area contributed by atoms with Crippen molar-refractivity contribution >= 4 is 17.0 Å². The molecule has 0 amide bonds. The molecule has 0 unspecified atom stereocenters. The van der Waals surface area contributed by atoms with Crippen LogP contribution < -0.4 is 4.90 Å². The van der Waals surface area contributed by atoms with Crippen LogP contribution in [0.15, 0.2) is 30.9 Å². The highest BCUT2D eigenvalue weighted by Gasteiger charge is 2.28. The molecule has 136 valence electrons. The standard InChI is InChI=1S/C18H23N7O/c1-13-3-2-4-14(23-13)9-24-6-7-25(10-15(24)5-8-26)18-16-17(20-11-19-16)21-12-22-18/h2-4,11-12,15,26H,5-10H2,1H3,(H,19,20,21,22)/t15-/m0/s1. The number of piperazine rings is 1. The van der Waals surface area contributed by atoms with Crippen LogP contribution in [0.4, 0.5) is 5.82 Å². The van der Waals surface area contributed by atoms with Gasteiger partial charge >= 0.3 is 0 Å². The van der Waals surface area contributed by atoms with E-state index < -0.39 is 0 Å². The molecule has 26 heavy (non-hydrogen) atoms. The van der Waals surface area contributed by atoms with E-state index in [1.165, 1.54) is 0 Å². The summed E-state index contributed by atoms with van der Waals surface area (Å²) in [5, 5.41) is 9.54. The van der Waals surface area contributed by atoms with Crippen LogP contribution >= 0.6 is 0 Å². The highest BCUT2D eigenvalue weighted by molar-refractivity contribution is 5.82. The summed E-state index contributed by atoms with van der Waals surface area (Å²) in [5.41, 5.74) is 3.64. The summed E-state index contributed by atoms with van der Waals surface area (Å²) in [5.74, 6) is 0.878. The number of aryl methyl sites for hydroxylation is 1. The molecule has 2 N–H and O–H groups in total. The normalized spacial score (nSPS) is 18.5. The Bertz CT molecular complexity index is 881. The lowest BCUT2D eigenvalue weighted by molar-refractivity contribution is 0.134. The zero-order chi connectivity index (χ0) is 17.9. The van der Waals surface area contributed by atoms with Gasteiger partial charge in [0, 0.05) is 44.5 Å². The van der Waals surface area contributed by atoms with Crippen LogP contribution in [0.2, 0.25) is 0 Å². The number of hydrogen-bond donors (Lipinski definition) is 2. The maximum absolute atomic E-state index is 9.54. The third-order valence-corrected chi connectivity index (χ3v) is 4.88. The van der Waals surface area contributed by atoms with Crippen molar-refractivity contribution in [1.29, 1.82) is 0 Å². The molecule has 0 bridgehead atoms. The van der Waals surface area contributed by atoms with E-state index in [2.05, 4.69) is 40.8 Å². The molecule has 0 spiro atoms. The Hall–Kier alpha value is -2.58. The number of anilines is 1. The third kappa shape index (κ3) is 3.38. The van der Waals surface area contributed by atoms with Gasteiger partial charge in [0.1, 0.15) is 11.8 Å². The number of nitrogens with one attached hydrogen (secondary N) is 1. The van der Waals surface area contributed by atoms with Gasteiger partial charge in [0.25, 0.3) is 0 Å². The van der Waals surface area contributed by atoms with Gasteiger partial charge in [0.15, 0.2) is 11.5 Å². The van der Waals surface area contributed by atoms with E-state index in [1.54, 1.807) is 12.7 Å². The molecule has 3 aromatic rings. The average Bonchev–Trinajstić information content (AvgIpc) is 3.12. The molecule has 1 saturated heterocycles. The van der Waals surface area contributed by atoms with Crippen LogP contribution in [-0.2, 0) is 6.54 Å². The molecule has 1 aliphatic heterocycles. The number of aromatic amines is 1. The summed E-state index contributed by atoms with van der Waals surface area (Å²) in [4.78, 5) is 25.3. The van der Waals surface area contributed by atoms with E-state index in [1.807, 2.05) is 19.1 Å². The van der Waals surface area contributed by atoms with Crippen LogP contribution in [0.5, 0.6) is 0 Å². The van der Waals surface area contributed by atoms with Gasteiger partial charge < -0.3 is 15.0 Å². The summed E-state index contributed by atoms with van der Waals surface area (Å²) in [6.45, 7) is 5.52. The molecule has 0 aromatic carbocycles. The highest BCUT2D eigenvalue weighted by Crippen LogP contribution is 2.24. The lowest BCUT2D eigenvalue weighted by Crippen LogP contribution is -2.53. The summed E-state index contributed by atoms with van der Waals surface area (Å²) in [6.07, 6.45) is 3.93. The van der Waals surface area contributed by atoms with Gasteiger partial charge in [0.05, 0.1) is 12.0 Å². The number of aliphatic hydroxyl groups is 1. The van der Waals surface area contributed by atoms with Gasteiger partial charge in [-0.2, -0.15) is 0 Å². The first kappa shape index (κ1) is 16.9. The van der Waals surface area contributed by atoms with E-state index in [-0.39, 0.29) is 12.6 Å². The lowest BCUT2D eigenvalue weighted by Gasteiger charge is -2.41. The Morgan fingerprint density at radius 3 is 3.00 bits per heavy atom. The lowest BCUT2D eigenvalue weighted by atomic mass is 10.1. The molecule has 1 atom stereocenters.